The zero-order valence-electron chi connectivity index (χ0n) is 9.97. The third-order valence-electron chi connectivity index (χ3n) is 2.53. The van der Waals surface area contributed by atoms with Crippen molar-refractivity contribution in [3.05, 3.63) is 18.0 Å². The lowest BCUT2D eigenvalue weighted by Gasteiger charge is -2.18. The highest BCUT2D eigenvalue weighted by Gasteiger charge is 2.21. The number of rotatable bonds is 4. The molecule has 0 atom stereocenters. The molecule has 0 bridgehead atoms. The van der Waals surface area contributed by atoms with E-state index in [1.165, 1.54) is 16.8 Å². The van der Waals surface area contributed by atoms with Gasteiger partial charge < -0.3 is 9.47 Å². The van der Waals surface area contributed by atoms with E-state index in [0.29, 0.717) is 18.8 Å². The van der Waals surface area contributed by atoms with E-state index in [2.05, 4.69) is 0 Å². The van der Waals surface area contributed by atoms with Crippen molar-refractivity contribution in [2.45, 2.75) is 18.7 Å². The molecule has 1 heterocycles. The van der Waals surface area contributed by atoms with E-state index < -0.39 is 9.05 Å². The summed E-state index contributed by atoms with van der Waals surface area (Å²) < 4.78 is 23.8. The summed E-state index contributed by atoms with van der Waals surface area (Å²) in [6.45, 7) is 4.88. The standard InChI is InChI=1S/C10H15ClN2O3S/c1-4-13(5-2)10(14)9-6-8(7-12(9)3)17(11,15)16/h6-7H,4-5H2,1-3H3. The summed E-state index contributed by atoms with van der Waals surface area (Å²) in [7, 11) is 3.05. The quantitative estimate of drug-likeness (QED) is 0.783. The lowest BCUT2D eigenvalue weighted by Crippen LogP contribution is -2.31. The van der Waals surface area contributed by atoms with E-state index in [1.54, 1.807) is 11.9 Å². The van der Waals surface area contributed by atoms with E-state index in [4.69, 9.17) is 10.7 Å². The zero-order chi connectivity index (χ0) is 13.2. The Kier molecular flexibility index (Phi) is 4.21. The van der Waals surface area contributed by atoms with Crippen LogP contribution >= 0.6 is 10.7 Å². The first-order valence-electron chi connectivity index (χ1n) is 5.21. The highest BCUT2D eigenvalue weighted by Crippen LogP contribution is 2.18. The van der Waals surface area contributed by atoms with Crippen molar-refractivity contribution in [2.24, 2.45) is 7.05 Å². The molecule has 0 N–H and O–H groups in total. The van der Waals surface area contributed by atoms with E-state index in [-0.39, 0.29) is 10.8 Å². The van der Waals surface area contributed by atoms with Crippen LogP contribution in [0.3, 0.4) is 0 Å². The van der Waals surface area contributed by atoms with Gasteiger partial charge >= 0.3 is 0 Å². The topological polar surface area (TPSA) is 59.4 Å². The second-order valence-corrected chi connectivity index (χ2v) is 6.15. The number of hydrogen-bond acceptors (Lipinski definition) is 3. The smallest absolute Gasteiger partial charge is 0.270 e. The molecule has 0 radical (unpaired) electrons. The van der Waals surface area contributed by atoms with Crippen molar-refractivity contribution in [1.82, 2.24) is 9.47 Å². The minimum Gasteiger partial charge on any atom is -0.345 e. The Morgan fingerprint density at radius 2 is 1.94 bits per heavy atom. The van der Waals surface area contributed by atoms with Crippen LogP contribution in [0.2, 0.25) is 0 Å². The molecule has 0 spiro atoms. The number of hydrogen-bond donors (Lipinski definition) is 0. The first kappa shape index (κ1) is 14.1. The molecule has 1 aromatic rings. The van der Waals surface area contributed by atoms with Gasteiger partial charge in [0.1, 0.15) is 10.6 Å². The minimum absolute atomic E-state index is 0.0582. The Bertz CT molecular complexity index is 518. The van der Waals surface area contributed by atoms with Gasteiger partial charge in [-0.15, -0.1) is 0 Å². The number of carbonyl (C=O) groups is 1. The molecule has 0 fully saturated rings. The third-order valence-corrected chi connectivity index (χ3v) is 3.85. The molecule has 1 rings (SSSR count). The van der Waals surface area contributed by atoms with Crippen molar-refractivity contribution >= 4 is 25.6 Å². The molecule has 96 valence electrons. The molecule has 0 aliphatic heterocycles. The molecule has 0 saturated carbocycles. The van der Waals surface area contributed by atoms with Crippen molar-refractivity contribution in [2.75, 3.05) is 13.1 Å². The van der Waals surface area contributed by atoms with Crippen LogP contribution in [0, 0.1) is 0 Å². The van der Waals surface area contributed by atoms with Gasteiger partial charge in [0.2, 0.25) is 0 Å². The second kappa shape index (κ2) is 5.10. The summed E-state index contributed by atoms with van der Waals surface area (Å²) in [5, 5.41) is 0. The van der Waals surface area contributed by atoms with Gasteiger partial charge in [0.25, 0.3) is 15.0 Å². The fourth-order valence-corrected chi connectivity index (χ4v) is 2.34. The molecule has 7 heteroatoms. The van der Waals surface area contributed by atoms with E-state index >= 15 is 0 Å². The van der Waals surface area contributed by atoms with Crippen LogP contribution in [-0.2, 0) is 16.1 Å². The predicted molar refractivity (Wildman–Crippen MR) is 65.7 cm³/mol. The molecule has 17 heavy (non-hydrogen) atoms. The third kappa shape index (κ3) is 3.01. The molecule has 1 aromatic heterocycles. The summed E-state index contributed by atoms with van der Waals surface area (Å²) in [6, 6.07) is 1.29. The lowest BCUT2D eigenvalue weighted by molar-refractivity contribution is 0.0763. The van der Waals surface area contributed by atoms with Crippen LogP contribution in [0.25, 0.3) is 0 Å². The highest BCUT2D eigenvalue weighted by molar-refractivity contribution is 8.13. The van der Waals surface area contributed by atoms with Gasteiger partial charge in [0, 0.05) is 37.0 Å². The molecule has 1 amide bonds. The molecule has 0 aromatic carbocycles. The lowest BCUT2D eigenvalue weighted by atomic mass is 10.3. The fourth-order valence-electron chi connectivity index (χ4n) is 1.55. The molecular weight excluding hydrogens is 264 g/mol. The number of carbonyl (C=O) groups excluding carboxylic acids is 1. The maximum Gasteiger partial charge on any atom is 0.270 e. The molecule has 0 saturated heterocycles. The Morgan fingerprint density at radius 1 is 1.41 bits per heavy atom. The van der Waals surface area contributed by atoms with Gasteiger partial charge in [0.05, 0.1) is 0 Å². The van der Waals surface area contributed by atoms with E-state index in [9.17, 15) is 13.2 Å². The van der Waals surface area contributed by atoms with Gasteiger partial charge in [-0.2, -0.15) is 0 Å². The van der Waals surface area contributed by atoms with Crippen molar-refractivity contribution < 1.29 is 13.2 Å². The number of amides is 1. The monoisotopic (exact) mass is 278 g/mol. The van der Waals surface area contributed by atoms with Gasteiger partial charge in [-0.05, 0) is 19.9 Å². The van der Waals surface area contributed by atoms with Crippen LogP contribution in [0.4, 0.5) is 0 Å². The molecular formula is C10H15ClN2O3S. The number of nitrogens with zero attached hydrogens (tertiary/aromatic N) is 2. The van der Waals surface area contributed by atoms with Gasteiger partial charge in [-0.25, -0.2) is 8.42 Å². The van der Waals surface area contributed by atoms with Crippen LogP contribution in [-0.4, -0.2) is 36.9 Å². The first-order valence-corrected chi connectivity index (χ1v) is 7.52. The highest BCUT2D eigenvalue weighted by atomic mass is 35.7. The van der Waals surface area contributed by atoms with Crippen LogP contribution in [0.1, 0.15) is 24.3 Å². The summed E-state index contributed by atoms with van der Waals surface area (Å²) in [5.74, 6) is -0.205. The average molecular weight is 279 g/mol. The molecule has 0 aliphatic rings. The van der Waals surface area contributed by atoms with Gasteiger partial charge in [-0.1, -0.05) is 0 Å². The number of halogens is 1. The summed E-state index contributed by atoms with van der Waals surface area (Å²) >= 11 is 0. The Labute approximate surface area is 105 Å². The number of aromatic nitrogens is 1. The Morgan fingerprint density at radius 3 is 2.29 bits per heavy atom. The minimum atomic E-state index is -3.80. The van der Waals surface area contributed by atoms with Crippen molar-refractivity contribution in [3.63, 3.8) is 0 Å². The maximum atomic E-state index is 12.0. The SMILES string of the molecule is CCN(CC)C(=O)c1cc(S(=O)(=O)Cl)cn1C. The van der Waals surface area contributed by atoms with Crippen LogP contribution in [0.5, 0.6) is 0 Å². The maximum absolute atomic E-state index is 12.0. The van der Waals surface area contributed by atoms with E-state index in [0.717, 1.165) is 0 Å². The Balaban J connectivity index is 3.16. The largest absolute Gasteiger partial charge is 0.345 e. The van der Waals surface area contributed by atoms with Crippen molar-refractivity contribution in [3.8, 4) is 0 Å². The van der Waals surface area contributed by atoms with Crippen molar-refractivity contribution in [1.29, 1.82) is 0 Å². The fraction of sp³-hybridized carbons (Fsp3) is 0.500. The van der Waals surface area contributed by atoms with Gasteiger partial charge in [0.15, 0.2) is 0 Å². The summed E-state index contributed by atoms with van der Waals surface area (Å²) in [5.41, 5.74) is 0.313. The predicted octanol–water partition coefficient (Wildman–Crippen LogP) is 1.43. The second-order valence-electron chi connectivity index (χ2n) is 3.59. The van der Waals surface area contributed by atoms with Crippen LogP contribution in [0.15, 0.2) is 17.2 Å². The molecule has 5 nitrogen and oxygen atoms in total. The Hall–Kier alpha value is -1.01. The zero-order valence-corrected chi connectivity index (χ0v) is 11.5. The molecule has 0 aliphatic carbocycles. The summed E-state index contributed by atoms with van der Waals surface area (Å²) in [4.78, 5) is 13.6. The van der Waals surface area contributed by atoms with E-state index in [1.807, 2.05) is 13.8 Å². The number of aryl methyl sites for hydroxylation is 1. The summed E-state index contributed by atoms with van der Waals surface area (Å²) in [6.07, 6.45) is 1.33. The normalized spacial score (nSPS) is 11.5. The van der Waals surface area contributed by atoms with Gasteiger partial charge in [-0.3, -0.25) is 4.79 Å². The average Bonchev–Trinajstić information content (AvgIpc) is 2.61. The molecule has 0 unspecified atom stereocenters. The van der Waals surface area contributed by atoms with Crippen LogP contribution < -0.4 is 0 Å². The first-order chi connectivity index (χ1) is 7.81.